The maximum absolute atomic E-state index is 12.0. The molecule has 0 aliphatic heterocycles. The smallest absolute Gasteiger partial charge is 0.220 e. The number of halogens is 2. The van der Waals surface area contributed by atoms with E-state index in [0.29, 0.717) is 25.3 Å². The summed E-state index contributed by atoms with van der Waals surface area (Å²) in [5.41, 5.74) is 7.63. The lowest BCUT2D eigenvalue weighted by molar-refractivity contribution is -0.121. The van der Waals surface area contributed by atoms with E-state index in [2.05, 4.69) is 28.7 Å². The van der Waals surface area contributed by atoms with Gasteiger partial charge in [0.2, 0.25) is 5.91 Å². The molecule has 0 atom stereocenters. The quantitative estimate of drug-likeness (QED) is 0.732. The summed E-state index contributed by atoms with van der Waals surface area (Å²) in [5, 5.41) is 2.93. The predicted molar refractivity (Wildman–Crippen MR) is 103 cm³/mol. The van der Waals surface area contributed by atoms with E-state index in [4.69, 9.17) is 5.73 Å². The van der Waals surface area contributed by atoms with Gasteiger partial charge < -0.3 is 15.6 Å². The zero-order valence-electron chi connectivity index (χ0n) is 14.1. The number of hydrogen-bond acceptors (Lipinski definition) is 3. The molecule has 0 aliphatic carbocycles. The normalized spacial score (nSPS) is 9.96. The molecule has 1 heterocycles. The Morgan fingerprint density at radius 3 is 2.67 bits per heavy atom. The van der Waals surface area contributed by atoms with Gasteiger partial charge in [0.05, 0.1) is 6.54 Å². The minimum atomic E-state index is 0. The van der Waals surface area contributed by atoms with Crippen LogP contribution in [0.1, 0.15) is 31.7 Å². The van der Waals surface area contributed by atoms with Crippen LogP contribution in [0, 0.1) is 5.92 Å². The number of nitrogen functional groups attached to an aromatic ring is 1. The average Bonchev–Trinajstić information content (AvgIpc) is 2.90. The number of nitrogens with one attached hydrogen (secondary N) is 1. The van der Waals surface area contributed by atoms with Crippen molar-refractivity contribution in [3.8, 4) is 0 Å². The second-order valence-electron chi connectivity index (χ2n) is 5.87. The Labute approximate surface area is 155 Å². The first-order valence-electron chi connectivity index (χ1n) is 7.66. The fraction of sp³-hybridized carbons (Fsp3) is 0.412. The Bertz CT molecular complexity index is 629. The van der Waals surface area contributed by atoms with Crippen molar-refractivity contribution in [1.82, 2.24) is 14.9 Å². The Kier molecular flexibility index (Phi) is 10.2. The number of imidazole rings is 1. The molecule has 24 heavy (non-hydrogen) atoms. The maximum Gasteiger partial charge on any atom is 0.220 e. The highest BCUT2D eigenvalue weighted by Crippen LogP contribution is 2.12. The highest BCUT2D eigenvalue weighted by molar-refractivity contribution is 5.85. The molecule has 0 radical (unpaired) electrons. The van der Waals surface area contributed by atoms with Crippen molar-refractivity contribution in [3.63, 3.8) is 0 Å². The summed E-state index contributed by atoms with van der Waals surface area (Å²) in [5.74, 6) is 1.45. The molecule has 3 N–H and O–H groups in total. The number of anilines is 1. The summed E-state index contributed by atoms with van der Waals surface area (Å²) in [6.07, 6.45) is 4.80. The standard InChI is InChI=1S/C17H24N4O.2ClH/c1-13(2)12-21-10-9-19-16(21)11-20-17(22)8-7-14-5-3-4-6-15(14)18;;/h3-6,9-10,13H,7-8,11-12,18H2,1-2H3,(H,20,22);2*1H. The third kappa shape index (κ3) is 6.81. The maximum atomic E-state index is 12.0. The van der Waals surface area contributed by atoms with Crippen LogP contribution in [-0.2, 0) is 24.3 Å². The number of hydrogen-bond donors (Lipinski definition) is 2. The van der Waals surface area contributed by atoms with Gasteiger partial charge in [-0.05, 0) is 24.0 Å². The number of aryl methyl sites for hydroxylation is 1. The zero-order chi connectivity index (χ0) is 15.9. The number of aromatic nitrogens is 2. The van der Waals surface area contributed by atoms with Gasteiger partial charge in [0.25, 0.3) is 0 Å². The summed E-state index contributed by atoms with van der Waals surface area (Å²) in [7, 11) is 0. The first-order chi connectivity index (χ1) is 10.6. The summed E-state index contributed by atoms with van der Waals surface area (Å²) in [6.45, 7) is 5.69. The molecule has 7 heteroatoms. The summed E-state index contributed by atoms with van der Waals surface area (Å²) < 4.78 is 2.08. The third-order valence-electron chi connectivity index (χ3n) is 3.48. The molecule has 0 fully saturated rings. The van der Waals surface area contributed by atoms with Gasteiger partial charge in [-0.3, -0.25) is 4.79 Å². The number of carbonyl (C=O) groups is 1. The molecule has 0 bridgehead atoms. The fourth-order valence-corrected chi connectivity index (χ4v) is 2.34. The van der Waals surface area contributed by atoms with Crippen LogP contribution in [0.5, 0.6) is 0 Å². The second-order valence-corrected chi connectivity index (χ2v) is 5.87. The molecule has 0 saturated heterocycles. The van der Waals surface area contributed by atoms with Crippen molar-refractivity contribution in [2.24, 2.45) is 5.92 Å². The number of benzene rings is 1. The lowest BCUT2D eigenvalue weighted by atomic mass is 10.1. The zero-order valence-corrected chi connectivity index (χ0v) is 15.7. The molecule has 0 unspecified atom stereocenters. The van der Waals surface area contributed by atoms with E-state index in [1.54, 1.807) is 6.20 Å². The van der Waals surface area contributed by atoms with E-state index in [1.165, 1.54) is 0 Å². The van der Waals surface area contributed by atoms with Crippen LogP contribution in [0.25, 0.3) is 0 Å². The topological polar surface area (TPSA) is 72.9 Å². The molecule has 134 valence electrons. The first-order valence-corrected chi connectivity index (χ1v) is 7.66. The van der Waals surface area contributed by atoms with Crippen LogP contribution in [-0.4, -0.2) is 15.5 Å². The first kappa shape index (κ1) is 22.3. The SMILES string of the molecule is CC(C)Cn1ccnc1CNC(=O)CCc1ccccc1N.Cl.Cl. The molecular weight excluding hydrogens is 347 g/mol. The minimum Gasteiger partial charge on any atom is -0.399 e. The highest BCUT2D eigenvalue weighted by Gasteiger charge is 2.08. The van der Waals surface area contributed by atoms with E-state index < -0.39 is 0 Å². The number of para-hydroxylation sites is 1. The van der Waals surface area contributed by atoms with Crippen LogP contribution >= 0.6 is 24.8 Å². The minimum absolute atomic E-state index is 0. The summed E-state index contributed by atoms with van der Waals surface area (Å²) in [6, 6.07) is 7.65. The van der Waals surface area contributed by atoms with E-state index in [9.17, 15) is 4.79 Å². The molecule has 0 aliphatic rings. The lowest BCUT2D eigenvalue weighted by Crippen LogP contribution is -2.25. The number of nitrogens with zero attached hydrogens (tertiary/aromatic N) is 2. The van der Waals surface area contributed by atoms with E-state index in [-0.39, 0.29) is 30.7 Å². The summed E-state index contributed by atoms with van der Waals surface area (Å²) >= 11 is 0. The highest BCUT2D eigenvalue weighted by atomic mass is 35.5. The predicted octanol–water partition coefficient (Wildman–Crippen LogP) is 3.21. The number of amides is 1. The largest absolute Gasteiger partial charge is 0.399 e. The molecule has 1 aromatic heterocycles. The molecule has 5 nitrogen and oxygen atoms in total. The van der Waals surface area contributed by atoms with Crippen LogP contribution < -0.4 is 11.1 Å². The van der Waals surface area contributed by atoms with Crippen LogP contribution in [0.3, 0.4) is 0 Å². The molecule has 2 rings (SSSR count). The Balaban J connectivity index is 0.00000264. The van der Waals surface area contributed by atoms with Crippen LogP contribution in [0.4, 0.5) is 5.69 Å². The Hall–Kier alpha value is -1.72. The van der Waals surface area contributed by atoms with Crippen LogP contribution in [0.2, 0.25) is 0 Å². The Morgan fingerprint density at radius 2 is 2.00 bits per heavy atom. The molecular formula is C17H26Cl2N4O. The molecule has 0 spiro atoms. The van der Waals surface area contributed by atoms with E-state index >= 15 is 0 Å². The van der Waals surface area contributed by atoms with Gasteiger partial charge in [-0.2, -0.15) is 0 Å². The number of nitrogens with two attached hydrogens (primary N) is 1. The van der Waals surface area contributed by atoms with Crippen molar-refractivity contribution in [1.29, 1.82) is 0 Å². The van der Waals surface area contributed by atoms with Crippen molar-refractivity contribution >= 4 is 36.4 Å². The molecule has 2 aromatic rings. The summed E-state index contributed by atoms with van der Waals surface area (Å²) in [4.78, 5) is 16.3. The van der Waals surface area contributed by atoms with Gasteiger partial charge in [0.15, 0.2) is 0 Å². The van der Waals surface area contributed by atoms with Crippen LogP contribution in [0.15, 0.2) is 36.7 Å². The number of carbonyl (C=O) groups excluding carboxylic acids is 1. The molecule has 1 amide bonds. The fourth-order valence-electron chi connectivity index (χ4n) is 2.34. The van der Waals surface area contributed by atoms with Crippen molar-refractivity contribution < 1.29 is 4.79 Å². The Morgan fingerprint density at radius 1 is 1.29 bits per heavy atom. The molecule has 0 saturated carbocycles. The van der Waals surface area contributed by atoms with Crippen molar-refractivity contribution in [2.45, 2.75) is 39.8 Å². The van der Waals surface area contributed by atoms with Crippen molar-refractivity contribution in [3.05, 3.63) is 48.0 Å². The van der Waals surface area contributed by atoms with Gasteiger partial charge in [-0.1, -0.05) is 32.0 Å². The third-order valence-corrected chi connectivity index (χ3v) is 3.48. The van der Waals surface area contributed by atoms with Gasteiger partial charge in [0, 0.05) is 31.0 Å². The van der Waals surface area contributed by atoms with Gasteiger partial charge in [0.1, 0.15) is 5.82 Å². The van der Waals surface area contributed by atoms with Crippen molar-refractivity contribution in [2.75, 3.05) is 5.73 Å². The average molecular weight is 373 g/mol. The molecule has 1 aromatic carbocycles. The van der Waals surface area contributed by atoms with E-state index in [1.807, 2.05) is 30.5 Å². The van der Waals surface area contributed by atoms with Gasteiger partial charge in [-0.25, -0.2) is 4.98 Å². The van der Waals surface area contributed by atoms with Gasteiger partial charge >= 0.3 is 0 Å². The lowest BCUT2D eigenvalue weighted by Gasteiger charge is -2.11. The van der Waals surface area contributed by atoms with Gasteiger partial charge in [-0.15, -0.1) is 24.8 Å². The second kappa shape index (κ2) is 10.9. The monoisotopic (exact) mass is 372 g/mol. The van der Waals surface area contributed by atoms with E-state index in [0.717, 1.165) is 23.6 Å². The number of rotatable bonds is 7.